The molecule has 1 rings (SSSR count). The number of aliphatic hydroxyl groups is 1. The number of unbranched alkanes of at least 4 members (excludes halogenated alkanes) is 5. The van der Waals surface area contributed by atoms with Gasteiger partial charge >= 0.3 is 6.09 Å². The molecule has 0 fully saturated rings. The van der Waals surface area contributed by atoms with Crippen molar-refractivity contribution >= 4 is 6.09 Å². The monoisotopic (exact) mass is 393 g/mol. The summed E-state index contributed by atoms with van der Waals surface area (Å²) in [5.74, 6) is 0.895. The summed E-state index contributed by atoms with van der Waals surface area (Å²) in [6.45, 7) is 4.98. The number of carbonyl (C=O) groups excluding carboxylic acids is 1. The number of hydrogen-bond donors (Lipinski definition) is 2. The Bertz CT molecular complexity index is 532. The molecule has 2 N–H and O–H groups in total. The van der Waals surface area contributed by atoms with Gasteiger partial charge in [-0.1, -0.05) is 64.5 Å². The second kappa shape index (κ2) is 14.3. The maximum atomic E-state index is 11.7. The van der Waals surface area contributed by atoms with Crippen molar-refractivity contribution in [2.45, 2.75) is 83.6 Å². The van der Waals surface area contributed by atoms with E-state index < -0.39 is 11.6 Å². The number of carbonyl (C=O) groups is 1. The quantitative estimate of drug-likeness (QED) is 0.400. The zero-order valence-electron chi connectivity index (χ0n) is 18.0. The second-order valence-electron chi connectivity index (χ2n) is 7.57. The van der Waals surface area contributed by atoms with E-state index in [1.165, 1.54) is 32.8 Å². The number of nitrogens with one attached hydrogen (secondary N) is 1. The highest BCUT2D eigenvalue weighted by Crippen LogP contribution is 2.23. The molecule has 0 aromatic heterocycles. The van der Waals surface area contributed by atoms with Crippen molar-refractivity contribution in [3.63, 3.8) is 0 Å². The summed E-state index contributed by atoms with van der Waals surface area (Å²) < 4.78 is 10.6. The van der Waals surface area contributed by atoms with E-state index in [1.54, 1.807) is 0 Å². The number of benzene rings is 1. The van der Waals surface area contributed by atoms with Crippen LogP contribution in [-0.2, 0) is 11.2 Å². The van der Waals surface area contributed by atoms with Crippen LogP contribution in [0.2, 0.25) is 0 Å². The predicted octanol–water partition coefficient (Wildman–Crippen LogP) is 5.25. The molecule has 0 saturated carbocycles. The molecular formula is C23H39NO4. The minimum absolute atomic E-state index is 0.0959. The fourth-order valence-electron chi connectivity index (χ4n) is 3.26. The van der Waals surface area contributed by atoms with Gasteiger partial charge in [0.25, 0.3) is 0 Å². The fraction of sp³-hybridized carbons (Fsp3) is 0.696. The van der Waals surface area contributed by atoms with Gasteiger partial charge in [-0.15, -0.1) is 0 Å². The molecule has 160 valence electrons. The number of hydrogen-bond acceptors (Lipinski definition) is 4. The molecule has 0 aliphatic heterocycles. The topological polar surface area (TPSA) is 67.8 Å². The number of rotatable bonds is 15. The number of amides is 1. The third-order valence-corrected chi connectivity index (χ3v) is 5.20. The molecule has 0 heterocycles. The summed E-state index contributed by atoms with van der Waals surface area (Å²) in [5.41, 5.74) is 0.521. The Kier molecular flexibility index (Phi) is 12.4. The standard InChI is InChI=1S/C23H39NO4/c1-4-6-8-9-10-18-28-21-13-11-20(12-14-21)15-17-23(19-25,16-7-5-2)24-22(26)27-3/h11-14,25H,4-10,15-19H2,1-3H3,(H,24,26). The van der Waals surface area contributed by atoms with Gasteiger partial charge in [-0.2, -0.15) is 0 Å². The van der Waals surface area contributed by atoms with E-state index in [0.29, 0.717) is 6.42 Å². The maximum absolute atomic E-state index is 11.7. The van der Waals surface area contributed by atoms with Gasteiger partial charge in [0, 0.05) is 0 Å². The zero-order valence-corrected chi connectivity index (χ0v) is 18.0. The lowest BCUT2D eigenvalue weighted by Gasteiger charge is -2.32. The number of alkyl carbamates (subject to hydrolysis) is 1. The molecule has 0 aliphatic carbocycles. The van der Waals surface area contributed by atoms with Crippen LogP contribution >= 0.6 is 0 Å². The van der Waals surface area contributed by atoms with Crippen molar-refractivity contribution in [1.82, 2.24) is 5.32 Å². The van der Waals surface area contributed by atoms with Crippen molar-refractivity contribution in [2.24, 2.45) is 0 Å². The summed E-state index contributed by atoms with van der Waals surface area (Å²) in [4.78, 5) is 11.7. The van der Waals surface area contributed by atoms with E-state index >= 15 is 0 Å². The Hall–Kier alpha value is -1.75. The lowest BCUT2D eigenvalue weighted by molar-refractivity contribution is 0.114. The fourth-order valence-corrected chi connectivity index (χ4v) is 3.26. The molecule has 5 heteroatoms. The van der Waals surface area contributed by atoms with Gasteiger partial charge in [0.1, 0.15) is 5.75 Å². The summed E-state index contributed by atoms with van der Waals surface area (Å²) in [7, 11) is 1.35. The lowest BCUT2D eigenvalue weighted by atomic mass is 9.87. The van der Waals surface area contributed by atoms with Crippen LogP contribution in [0.4, 0.5) is 4.79 Å². The molecule has 0 bridgehead atoms. The molecule has 1 amide bonds. The molecule has 0 spiro atoms. The molecule has 5 nitrogen and oxygen atoms in total. The first kappa shape index (κ1) is 24.3. The van der Waals surface area contributed by atoms with Gasteiger partial charge in [-0.3, -0.25) is 0 Å². The van der Waals surface area contributed by atoms with Crippen molar-refractivity contribution < 1.29 is 19.4 Å². The van der Waals surface area contributed by atoms with Crippen molar-refractivity contribution in [3.05, 3.63) is 29.8 Å². The van der Waals surface area contributed by atoms with Crippen LogP contribution in [-0.4, -0.2) is 37.1 Å². The maximum Gasteiger partial charge on any atom is 0.407 e. The molecular weight excluding hydrogens is 354 g/mol. The Morgan fingerprint density at radius 1 is 1.00 bits per heavy atom. The third kappa shape index (κ3) is 9.45. The average molecular weight is 394 g/mol. The summed E-state index contributed by atoms with van der Waals surface area (Å²) >= 11 is 0. The van der Waals surface area contributed by atoms with Crippen molar-refractivity contribution in [3.8, 4) is 5.75 Å². The van der Waals surface area contributed by atoms with Crippen LogP contribution in [0.5, 0.6) is 5.75 Å². The molecule has 0 aliphatic rings. The van der Waals surface area contributed by atoms with Crippen LogP contribution < -0.4 is 10.1 Å². The smallest absolute Gasteiger partial charge is 0.407 e. The van der Waals surface area contributed by atoms with Crippen LogP contribution in [0.25, 0.3) is 0 Å². The minimum atomic E-state index is -0.642. The largest absolute Gasteiger partial charge is 0.494 e. The third-order valence-electron chi connectivity index (χ3n) is 5.20. The summed E-state index contributed by atoms with van der Waals surface area (Å²) in [6.07, 6.45) is 9.77. The zero-order chi connectivity index (χ0) is 20.7. The van der Waals surface area contributed by atoms with E-state index in [-0.39, 0.29) is 6.61 Å². The second-order valence-corrected chi connectivity index (χ2v) is 7.57. The van der Waals surface area contributed by atoms with Crippen LogP contribution in [0.3, 0.4) is 0 Å². The number of aliphatic hydroxyl groups excluding tert-OH is 1. The normalized spacial score (nSPS) is 13.0. The highest BCUT2D eigenvalue weighted by atomic mass is 16.5. The Morgan fingerprint density at radius 3 is 2.29 bits per heavy atom. The van der Waals surface area contributed by atoms with Crippen LogP contribution in [0, 0.1) is 0 Å². The Labute approximate surface area is 170 Å². The van der Waals surface area contributed by atoms with Crippen LogP contribution in [0.15, 0.2) is 24.3 Å². The van der Waals surface area contributed by atoms with Gasteiger partial charge in [-0.25, -0.2) is 4.79 Å². The summed E-state index contributed by atoms with van der Waals surface area (Å²) in [5, 5.41) is 12.8. The number of methoxy groups -OCH3 is 1. The Morgan fingerprint density at radius 2 is 1.68 bits per heavy atom. The summed E-state index contributed by atoms with van der Waals surface area (Å²) in [6, 6.07) is 8.13. The lowest BCUT2D eigenvalue weighted by Crippen LogP contribution is -2.51. The molecule has 1 aromatic rings. The average Bonchev–Trinajstić information content (AvgIpc) is 2.73. The molecule has 0 saturated heterocycles. The predicted molar refractivity (Wildman–Crippen MR) is 114 cm³/mol. The minimum Gasteiger partial charge on any atom is -0.494 e. The SMILES string of the molecule is CCCCCCCOc1ccc(CCC(CO)(CCCC)NC(=O)OC)cc1. The van der Waals surface area contributed by atoms with Gasteiger partial charge in [0.05, 0.1) is 25.9 Å². The van der Waals surface area contributed by atoms with Gasteiger partial charge < -0.3 is 19.9 Å². The molecule has 0 radical (unpaired) electrons. The Balaban J connectivity index is 2.52. The first-order chi connectivity index (χ1) is 13.6. The number of aryl methyl sites for hydroxylation is 1. The van der Waals surface area contributed by atoms with Crippen LogP contribution in [0.1, 0.15) is 77.2 Å². The van der Waals surface area contributed by atoms with E-state index in [1.807, 2.05) is 12.1 Å². The van der Waals surface area contributed by atoms with Gasteiger partial charge in [0.15, 0.2) is 0 Å². The van der Waals surface area contributed by atoms with Gasteiger partial charge in [-0.05, 0) is 43.4 Å². The first-order valence-electron chi connectivity index (χ1n) is 10.8. The highest BCUT2D eigenvalue weighted by Gasteiger charge is 2.30. The van der Waals surface area contributed by atoms with E-state index in [9.17, 15) is 9.90 Å². The van der Waals surface area contributed by atoms with E-state index in [2.05, 4.69) is 31.3 Å². The molecule has 1 aromatic carbocycles. The molecule has 1 atom stereocenters. The first-order valence-corrected chi connectivity index (χ1v) is 10.8. The van der Waals surface area contributed by atoms with Crippen molar-refractivity contribution in [2.75, 3.05) is 20.3 Å². The van der Waals surface area contributed by atoms with Crippen molar-refractivity contribution in [1.29, 1.82) is 0 Å². The highest BCUT2D eigenvalue weighted by molar-refractivity contribution is 5.68. The molecule has 28 heavy (non-hydrogen) atoms. The van der Waals surface area contributed by atoms with E-state index in [0.717, 1.165) is 50.0 Å². The number of ether oxygens (including phenoxy) is 2. The van der Waals surface area contributed by atoms with Gasteiger partial charge in [0.2, 0.25) is 0 Å². The molecule has 1 unspecified atom stereocenters. The van der Waals surface area contributed by atoms with E-state index in [4.69, 9.17) is 9.47 Å².